The van der Waals surface area contributed by atoms with Crippen molar-refractivity contribution in [2.24, 2.45) is 0 Å². The molecule has 0 saturated carbocycles. The standard InChI is InChI=1S/C25H25N2OP/c1-3-19-27-20(2)25(26-24(27)21-13-7-4-8-14-21)29(28,22-15-9-5-10-16-22)23-17-11-6-12-18-23/h4-18H,3,19H2,1-2H3. The Hall–Kier alpha value is -2.90. The minimum atomic E-state index is -3.10. The summed E-state index contributed by atoms with van der Waals surface area (Å²) in [5.74, 6) is 0.882. The van der Waals surface area contributed by atoms with Gasteiger partial charge in [0.1, 0.15) is 11.3 Å². The minimum Gasteiger partial charge on any atom is -0.328 e. The first-order valence-electron chi connectivity index (χ1n) is 10.0. The summed E-state index contributed by atoms with van der Waals surface area (Å²) in [7, 11) is -3.10. The van der Waals surface area contributed by atoms with Crippen molar-refractivity contribution >= 4 is 23.2 Å². The van der Waals surface area contributed by atoms with E-state index < -0.39 is 7.14 Å². The lowest BCUT2D eigenvalue weighted by atomic mass is 10.2. The third kappa shape index (κ3) is 3.47. The van der Waals surface area contributed by atoms with Gasteiger partial charge in [-0.05, 0) is 13.3 Å². The normalized spacial score (nSPS) is 11.5. The smallest absolute Gasteiger partial charge is 0.190 e. The Morgan fingerprint density at radius 2 is 1.28 bits per heavy atom. The van der Waals surface area contributed by atoms with Crippen LogP contribution in [0.4, 0.5) is 0 Å². The summed E-state index contributed by atoms with van der Waals surface area (Å²) in [5, 5.41) is 1.63. The van der Waals surface area contributed by atoms with E-state index >= 15 is 0 Å². The fraction of sp³-hybridized carbons (Fsp3) is 0.160. The Morgan fingerprint density at radius 3 is 1.76 bits per heavy atom. The molecule has 0 N–H and O–H groups in total. The van der Waals surface area contributed by atoms with Crippen LogP contribution in [0.3, 0.4) is 0 Å². The third-order valence-electron chi connectivity index (χ3n) is 5.21. The van der Waals surface area contributed by atoms with Crippen molar-refractivity contribution in [2.45, 2.75) is 26.8 Å². The molecule has 0 aliphatic rings. The Bertz CT molecular complexity index is 1090. The number of aromatic nitrogens is 2. The first-order valence-corrected chi connectivity index (χ1v) is 11.7. The molecule has 0 spiro atoms. The van der Waals surface area contributed by atoms with Gasteiger partial charge in [0.05, 0.1) is 0 Å². The van der Waals surface area contributed by atoms with E-state index in [9.17, 15) is 4.57 Å². The molecule has 0 fully saturated rings. The lowest BCUT2D eigenvalue weighted by Gasteiger charge is -2.18. The fourth-order valence-electron chi connectivity index (χ4n) is 3.79. The molecule has 0 aliphatic heterocycles. The van der Waals surface area contributed by atoms with E-state index in [1.807, 2.05) is 85.8 Å². The van der Waals surface area contributed by atoms with Crippen LogP contribution in [0.5, 0.6) is 0 Å². The second kappa shape index (κ2) is 8.23. The molecule has 146 valence electrons. The summed E-state index contributed by atoms with van der Waals surface area (Å²) in [6, 6.07) is 29.7. The quantitative estimate of drug-likeness (QED) is 0.431. The van der Waals surface area contributed by atoms with Crippen LogP contribution in [-0.2, 0) is 11.1 Å². The van der Waals surface area contributed by atoms with Gasteiger partial charge in [-0.2, -0.15) is 0 Å². The van der Waals surface area contributed by atoms with Gasteiger partial charge < -0.3 is 9.13 Å². The molecule has 3 nitrogen and oxygen atoms in total. The number of imidazole rings is 1. The van der Waals surface area contributed by atoms with Gasteiger partial charge in [0.2, 0.25) is 0 Å². The summed E-state index contributed by atoms with van der Waals surface area (Å²) in [6.07, 6.45) is 0.984. The van der Waals surface area contributed by atoms with Crippen LogP contribution in [-0.4, -0.2) is 9.55 Å². The molecule has 0 radical (unpaired) electrons. The molecule has 1 heterocycles. The van der Waals surface area contributed by atoms with Crippen molar-refractivity contribution in [3.8, 4) is 11.4 Å². The van der Waals surface area contributed by atoms with Crippen LogP contribution in [0.15, 0.2) is 91.0 Å². The molecular formula is C25H25N2OP. The van der Waals surface area contributed by atoms with E-state index in [-0.39, 0.29) is 0 Å². The van der Waals surface area contributed by atoms with Crippen LogP contribution >= 0.6 is 7.14 Å². The molecule has 3 aromatic carbocycles. The largest absolute Gasteiger partial charge is 0.328 e. The van der Waals surface area contributed by atoms with Crippen LogP contribution in [0.25, 0.3) is 11.4 Å². The van der Waals surface area contributed by atoms with E-state index in [0.717, 1.165) is 40.7 Å². The molecule has 0 aliphatic carbocycles. The van der Waals surface area contributed by atoms with Crippen molar-refractivity contribution in [1.82, 2.24) is 9.55 Å². The molecule has 0 saturated heterocycles. The Balaban J connectivity index is 2.01. The Morgan fingerprint density at radius 1 is 0.793 bits per heavy atom. The molecule has 0 bridgehead atoms. The highest BCUT2D eigenvalue weighted by atomic mass is 31.2. The highest BCUT2D eigenvalue weighted by molar-refractivity contribution is 7.85. The number of hydrogen-bond donors (Lipinski definition) is 0. The molecule has 1 aromatic heterocycles. The molecule has 4 aromatic rings. The van der Waals surface area contributed by atoms with E-state index in [1.165, 1.54) is 0 Å². The zero-order valence-corrected chi connectivity index (χ0v) is 17.7. The van der Waals surface area contributed by atoms with Crippen molar-refractivity contribution in [3.05, 3.63) is 96.7 Å². The number of hydrogen-bond acceptors (Lipinski definition) is 2. The molecule has 4 rings (SSSR count). The maximum absolute atomic E-state index is 14.8. The van der Waals surface area contributed by atoms with Gasteiger partial charge in [-0.3, -0.25) is 0 Å². The summed E-state index contributed by atoms with van der Waals surface area (Å²) < 4.78 is 17.0. The average Bonchev–Trinajstić information content (AvgIpc) is 3.12. The van der Waals surface area contributed by atoms with E-state index in [4.69, 9.17) is 4.98 Å². The maximum atomic E-state index is 14.8. The van der Waals surface area contributed by atoms with Crippen LogP contribution < -0.4 is 16.0 Å². The molecule has 4 heteroatoms. The lowest BCUT2D eigenvalue weighted by Crippen LogP contribution is -2.27. The van der Waals surface area contributed by atoms with Crippen LogP contribution in [0, 0.1) is 6.92 Å². The van der Waals surface area contributed by atoms with Crippen molar-refractivity contribution < 1.29 is 4.57 Å². The second-order valence-electron chi connectivity index (χ2n) is 7.14. The maximum Gasteiger partial charge on any atom is 0.190 e. The predicted molar refractivity (Wildman–Crippen MR) is 122 cm³/mol. The summed E-state index contributed by atoms with van der Waals surface area (Å²) in [6.45, 7) is 5.04. The predicted octanol–water partition coefficient (Wildman–Crippen LogP) is 4.91. The summed E-state index contributed by atoms with van der Waals surface area (Å²) in [5.41, 5.74) is 2.70. The second-order valence-corrected chi connectivity index (χ2v) is 9.82. The highest BCUT2D eigenvalue weighted by Gasteiger charge is 2.35. The van der Waals surface area contributed by atoms with Gasteiger partial charge in [0, 0.05) is 28.4 Å². The number of rotatable bonds is 6. The first kappa shape index (κ1) is 19.4. The molecule has 29 heavy (non-hydrogen) atoms. The van der Waals surface area contributed by atoms with Gasteiger partial charge in [-0.25, -0.2) is 4.98 Å². The zero-order valence-electron chi connectivity index (χ0n) is 16.8. The highest BCUT2D eigenvalue weighted by Crippen LogP contribution is 2.43. The van der Waals surface area contributed by atoms with E-state index in [0.29, 0.717) is 5.44 Å². The molecular weight excluding hydrogens is 375 g/mol. The van der Waals surface area contributed by atoms with Gasteiger partial charge in [-0.1, -0.05) is 97.9 Å². The number of nitrogens with zero attached hydrogens (tertiary/aromatic N) is 2. The van der Waals surface area contributed by atoms with E-state index in [1.54, 1.807) is 0 Å². The van der Waals surface area contributed by atoms with Crippen LogP contribution in [0.2, 0.25) is 0 Å². The van der Waals surface area contributed by atoms with Crippen molar-refractivity contribution in [2.75, 3.05) is 0 Å². The summed E-state index contributed by atoms with van der Waals surface area (Å²) in [4.78, 5) is 5.02. The van der Waals surface area contributed by atoms with Gasteiger partial charge in [0.25, 0.3) is 0 Å². The van der Waals surface area contributed by atoms with Gasteiger partial charge in [0.15, 0.2) is 7.14 Å². The van der Waals surface area contributed by atoms with Gasteiger partial charge in [-0.15, -0.1) is 0 Å². The minimum absolute atomic E-state index is 0.683. The topological polar surface area (TPSA) is 34.9 Å². The number of benzene rings is 3. The third-order valence-corrected chi connectivity index (χ3v) is 8.28. The summed E-state index contributed by atoms with van der Waals surface area (Å²) >= 11 is 0. The Kier molecular flexibility index (Phi) is 5.51. The van der Waals surface area contributed by atoms with Crippen LogP contribution in [0.1, 0.15) is 19.0 Å². The first-order chi connectivity index (χ1) is 14.2. The van der Waals surface area contributed by atoms with Crippen molar-refractivity contribution in [1.29, 1.82) is 0 Å². The molecule has 0 atom stereocenters. The zero-order chi connectivity index (χ0) is 20.3. The lowest BCUT2D eigenvalue weighted by molar-refractivity contribution is 0.592. The molecule has 0 amide bonds. The fourth-order valence-corrected chi connectivity index (χ4v) is 6.58. The monoisotopic (exact) mass is 400 g/mol. The van der Waals surface area contributed by atoms with Crippen molar-refractivity contribution in [3.63, 3.8) is 0 Å². The SMILES string of the molecule is CCCn1c(-c2ccccc2)nc(P(=O)(c2ccccc2)c2ccccc2)c1C. The molecule has 0 unspecified atom stereocenters. The van der Waals surface area contributed by atoms with Gasteiger partial charge >= 0.3 is 0 Å². The Labute approximate surface area is 172 Å². The average molecular weight is 400 g/mol. The van der Waals surface area contributed by atoms with E-state index in [2.05, 4.69) is 23.6 Å².